The normalized spacial score (nSPS) is 30.9. The highest BCUT2D eigenvalue weighted by molar-refractivity contribution is 14.0. The van der Waals surface area contributed by atoms with Crippen molar-refractivity contribution in [2.24, 2.45) is 10.9 Å². The predicted molar refractivity (Wildman–Crippen MR) is 87.1 cm³/mol. The average molecular weight is 383 g/mol. The smallest absolute Gasteiger partial charge is 0.191 e. The lowest BCUT2D eigenvalue weighted by atomic mass is 9.96. The lowest BCUT2D eigenvalue weighted by Gasteiger charge is -2.22. The van der Waals surface area contributed by atoms with Gasteiger partial charge in [-0.25, -0.2) is 0 Å². The zero-order valence-electron chi connectivity index (χ0n) is 11.8. The molecule has 2 fully saturated rings. The van der Waals surface area contributed by atoms with Crippen LogP contribution in [-0.4, -0.2) is 49.0 Å². The first-order valence-corrected chi connectivity index (χ1v) is 7.04. The second kappa shape index (κ2) is 8.26. The Labute approximate surface area is 132 Å². The highest BCUT2D eigenvalue weighted by Gasteiger charge is 2.41. The van der Waals surface area contributed by atoms with Crippen molar-refractivity contribution in [3.05, 3.63) is 0 Å². The molecule has 2 heterocycles. The van der Waals surface area contributed by atoms with Gasteiger partial charge >= 0.3 is 0 Å². The van der Waals surface area contributed by atoms with Crippen LogP contribution in [0.1, 0.15) is 33.1 Å². The maximum absolute atomic E-state index is 9.02. The van der Waals surface area contributed by atoms with E-state index in [0.717, 1.165) is 25.3 Å². The Morgan fingerprint density at radius 3 is 2.79 bits per heavy atom. The molecule has 6 heteroatoms. The van der Waals surface area contributed by atoms with Crippen molar-refractivity contribution in [3.63, 3.8) is 0 Å². The number of nitrogens with zero attached hydrogens (tertiary/aromatic N) is 1. The molecule has 2 bridgehead atoms. The maximum Gasteiger partial charge on any atom is 0.191 e. The summed E-state index contributed by atoms with van der Waals surface area (Å²) in [5.74, 6) is 1.05. The van der Waals surface area contributed by atoms with Crippen LogP contribution in [0.5, 0.6) is 0 Å². The SMILES string of the molecule is CCNC(=NCC(C)CO)NC1CC2CCC1O2.I. The molecule has 3 N–H and O–H groups in total. The molecule has 0 radical (unpaired) electrons. The second-order valence-corrected chi connectivity index (χ2v) is 5.37. The Bertz CT molecular complexity index is 302. The number of ether oxygens (including phenoxy) is 1. The minimum Gasteiger partial charge on any atom is -0.396 e. The van der Waals surface area contributed by atoms with E-state index in [1.807, 2.05) is 6.92 Å². The molecule has 2 rings (SSSR count). The Balaban J connectivity index is 0.00000180. The number of nitrogens with one attached hydrogen (secondary N) is 2. The molecule has 0 aliphatic carbocycles. The second-order valence-electron chi connectivity index (χ2n) is 5.37. The minimum atomic E-state index is 0. The molecule has 4 atom stereocenters. The summed E-state index contributed by atoms with van der Waals surface area (Å²) in [5, 5.41) is 15.7. The summed E-state index contributed by atoms with van der Waals surface area (Å²) in [4.78, 5) is 4.51. The van der Waals surface area contributed by atoms with Gasteiger partial charge in [0.15, 0.2) is 5.96 Å². The third-order valence-electron chi connectivity index (χ3n) is 3.65. The van der Waals surface area contributed by atoms with E-state index in [1.54, 1.807) is 0 Å². The standard InChI is InChI=1S/C13H25N3O2.HI/c1-3-14-13(15-7-9(2)8-17)16-11-6-10-4-5-12(11)18-10;/h9-12,17H,3-8H2,1-2H3,(H2,14,15,16);1H. The van der Waals surface area contributed by atoms with E-state index < -0.39 is 0 Å². The van der Waals surface area contributed by atoms with Gasteiger partial charge in [-0.3, -0.25) is 4.99 Å². The van der Waals surface area contributed by atoms with Crippen LogP contribution >= 0.6 is 24.0 Å². The highest BCUT2D eigenvalue weighted by Crippen LogP contribution is 2.34. The number of rotatable bonds is 5. The molecule has 0 aromatic carbocycles. The van der Waals surface area contributed by atoms with Gasteiger partial charge in [-0.1, -0.05) is 6.92 Å². The van der Waals surface area contributed by atoms with E-state index in [-0.39, 0.29) is 36.5 Å². The number of halogens is 1. The van der Waals surface area contributed by atoms with Gasteiger partial charge in [0.1, 0.15) is 0 Å². The van der Waals surface area contributed by atoms with Gasteiger partial charge in [-0.15, -0.1) is 24.0 Å². The zero-order valence-corrected chi connectivity index (χ0v) is 14.1. The Morgan fingerprint density at radius 2 is 2.26 bits per heavy atom. The van der Waals surface area contributed by atoms with Crippen molar-refractivity contribution in [2.75, 3.05) is 19.7 Å². The van der Waals surface area contributed by atoms with Gasteiger partial charge in [-0.2, -0.15) is 0 Å². The molecule has 4 unspecified atom stereocenters. The molecular weight excluding hydrogens is 357 g/mol. The zero-order chi connectivity index (χ0) is 13.0. The van der Waals surface area contributed by atoms with E-state index in [1.165, 1.54) is 6.42 Å². The van der Waals surface area contributed by atoms with Crippen molar-refractivity contribution in [1.29, 1.82) is 0 Å². The van der Waals surface area contributed by atoms with E-state index in [0.29, 0.717) is 24.8 Å². The van der Waals surface area contributed by atoms with Gasteiger partial charge in [0, 0.05) is 19.7 Å². The van der Waals surface area contributed by atoms with Crippen LogP contribution in [-0.2, 0) is 4.74 Å². The van der Waals surface area contributed by atoms with Crippen molar-refractivity contribution >= 4 is 29.9 Å². The van der Waals surface area contributed by atoms with E-state index in [9.17, 15) is 0 Å². The van der Waals surface area contributed by atoms with Crippen LogP contribution in [0, 0.1) is 5.92 Å². The summed E-state index contributed by atoms with van der Waals surface area (Å²) in [7, 11) is 0. The Morgan fingerprint density at radius 1 is 1.47 bits per heavy atom. The van der Waals surface area contributed by atoms with Crippen LogP contribution < -0.4 is 10.6 Å². The van der Waals surface area contributed by atoms with Crippen LogP contribution in [0.2, 0.25) is 0 Å². The third kappa shape index (κ3) is 4.75. The molecule has 2 saturated heterocycles. The van der Waals surface area contributed by atoms with Crippen LogP contribution in [0.15, 0.2) is 4.99 Å². The first-order valence-electron chi connectivity index (χ1n) is 7.04. The first-order chi connectivity index (χ1) is 8.72. The largest absolute Gasteiger partial charge is 0.396 e. The summed E-state index contributed by atoms with van der Waals surface area (Å²) >= 11 is 0. The summed E-state index contributed by atoms with van der Waals surface area (Å²) in [6.45, 7) is 5.73. The fourth-order valence-electron chi connectivity index (χ4n) is 2.59. The molecule has 0 aromatic rings. The monoisotopic (exact) mass is 383 g/mol. The topological polar surface area (TPSA) is 65.9 Å². The molecule has 19 heavy (non-hydrogen) atoms. The van der Waals surface area contributed by atoms with Crippen molar-refractivity contribution < 1.29 is 9.84 Å². The van der Waals surface area contributed by atoms with Gasteiger partial charge in [-0.05, 0) is 32.1 Å². The van der Waals surface area contributed by atoms with E-state index >= 15 is 0 Å². The Hall–Kier alpha value is -0.0800. The van der Waals surface area contributed by atoms with Crippen LogP contribution in [0.4, 0.5) is 0 Å². The molecule has 0 spiro atoms. The maximum atomic E-state index is 9.02. The lowest BCUT2D eigenvalue weighted by Crippen LogP contribution is -2.47. The van der Waals surface area contributed by atoms with E-state index in [4.69, 9.17) is 9.84 Å². The number of hydrogen-bond donors (Lipinski definition) is 3. The predicted octanol–water partition coefficient (Wildman–Crippen LogP) is 1.11. The van der Waals surface area contributed by atoms with Crippen molar-refractivity contribution in [2.45, 2.75) is 51.4 Å². The molecule has 0 amide bonds. The molecule has 0 aromatic heterocycles. The summed E-state index contributed by atoms with van der Waals surface area (Å²) in [6, 6.07) is 0.394. The molecule has 5 nitrogen and oxygen atoms in total. The van der Waals surface area contributed by atoms with Crippen molar-refractivity contribution in [3.8, 4) is 0 Å². The molecule has 112 valence electrons. The number of guanidine groups is 1. The minimum absolute atomic E-state index is 0. The molecule has 2 aliphatic heterocycles. The molecule has 0 saturated carbocycles. The molecular formula is C13H26IN3O2. The van der Waals surface area contributed by atoms with Gasteiger partial charge in [0.05, 0.1) is 18.2 Å². The van der Waals surface area contributed by atoms with Crippen molar-refractivity contribution in [1.82, 2.24) is 10.6 Å². The fourth-order valence-corrected chi connectivity index (χ4v) is 2.59. The number of hydrogen-bond acceptors (Lipinski definition) is 3. The van der Waals surface area contributed by atoms with E-state index in [2.05, 4.69) is 22.5 Å². The van der Waals surface area contributed by atoms with Crippen LogP contribution in [0.25, 0.3) is 0 Å². The quantitative estimate of drug-likeness (QED) is 0.378. The number of aliphatic hydroxyl groups is 1. The summed E-state index contributed by atoms with van der Waals surface area (Å²) < 4.78 is 5.83. The highest BCUT2D eigenvalue weighted by atomic mass is 127. The number of aliphatic hydroxyl groups excluding tert-OH is 1. The van der Waals surface area contributed by atoms with Gasteiger partial charge in [0.25, 0.3) is 0 Å². The van der Waals surface area contributed by atoms with Crippen LogP contribution in [0.3, 0.4) is 0 Å². The van der Waals surface area contributed by atoms with Gasteiger partial charge < -0.3 is 20.5 Å². The summed E-state index contributed by atoms with van der Waals surface area (Å²) in [6.07, 6.45) is 4.26. The summed E-state index contributed by atoms with van der Waals surface area (Å²) in [5.41, 5.74) is 0. The first kappa shape index (κ1) is 17.0. The third-order valence-corrected chi connectivity index (χ3v) is 3.65. The number of aliphatic imine (C=N–C) groups is 1. The number of fused-ring (bicyclic) bond motifs is 2. The Kier molecular flexibility index (Phi) is 7.38. The molecule has 2 aliphatic rings. The average Bonchev–Trinajstić information content (AvgIpc) is 2.98. The fraction of sp³-hybridized carbons (Fsp3) is 0.923. The lowest BCUT2D eigenvalue weighted by molar-refractivity contribution is 0.0992. The van der Waals surface area contributed by atoms with Gasteiger partial charge in [0.2, 0.25) is 0 Å².